The van der Waals surface area contributed by atoms with E-state index >= 15 is 0 Å². The predicted molar refractivity (Wildman–Crippen MR) is 74.7 cm³/mol. The second-order valence-corrected chi connectivity index (χ2v) is 4.93. The van der Waals surface area contributed by atoms with Gasteiger partial charge >= 0.3 is 0 Å². The Morgan fingerprint density at radius 1 is 1.20 bits per heavy atom. The fourth-order valence-electron chi connectivity index (χ4n) is 1.80. The highest BCUT2D eigenvalue weighted by Gasteiger charge is 2.11. The minimum atomic E-state index is -0.443. The van der Waals surface area contributed by atoms with Crippen LogP contribution in [0.4, 0.5) is 8.78 Å². The monoisotopic (exact) mass is 297 g/mol. The smallest absolute Gasteiger partial charge is 0.131 e. The maximum atomic E-state index is 13.6. The Labute approximate surface area is 121 Å². The Morgan fingerprint density at radius 3 is 2.60 bits per heavy atom. The maximum absolute atomic E-state index is 13.6. The topological polar surface area (TPSA) is 35.2 Å². The van der Waals surface area contributed by atoms with Gasteiger partial charge in [0.25, 0.3) is 0 Å². The van der Waals surface area contributed by atoms with E-state index in [9.17, 15) is 8.78 Å². The molecule has 2 nitrogen and oxygen atoms in total. The van der Waals surface area contributed by atoms with Crippen molar-refractivity contribution in [2.75, 3.05) is 0 Å². The molecular weight excluding hydrogens is 284 g/mol. The zero-order valence-electron chi connectivity index (χ0n) is 10.9. The Morgan fingerprint density at radius 2 is 1.95 bits per heavy atom. The van der Waals surface area contributed by atoms with E-state index in [-0.39, 0.29) is 18.5 Å². The molecule has 0 unspecified atom stereocenters. The predicted octanol–water partition coefficient (Wildman–Crippen LogP) is 4.22. The SMILES string of the molecule is C[C@@H](N)c1cc(F)ccc1OCc1ccc(Cl)cc1F. The molecular formula is C15H14ClF2NO. The lowest BCUT2D eigenvalue weighted by Crippen LogP contribution is -2.09. The summed E-state index contributed by atoms with van der Waals surface area (Å²) in [5.74, 6) is -0.389. The van der Waals surface area contributed by atoms with Gasteiger partial charge < -0.3 is 10.5 Å². The van der Waals surface area contributed by atoms with Crippen molar-refractivity contribution in [2.24, 2.45) is 5.73 Å². The zero-order chi connectivity index (χ0) is 14.7. The van der Waals surface area contributed by atoms with E-state index in [1.807, 2.05) is 0 Å². The van der Waals surface area contributed by atoms with E-state index in [1.165, 1.54) is 24.3 Å². The van der Waals surface area contributed by atoms with Gasteiger partial charge in [0.05, 0.1) is 0 Å². The van der Waals surface area contributed by atoms with Crippen LogP contribution in [0.5, 0.6) is 5.75 Å². The standard InChI is InChI=1S/C15H14ClF2NO/c1-9(19)13-7-12(17)4-5-15(13)20-8-10-2-3-11(16)6-14(10)18/h2-7,9H,8,19H2,1H3/t9-/m1/s1. The third-order valence-corrected chi connectivity index (χ3v) is 3.10. The summed E-state index contributed by atoms with van der Waals surface area (Å²) in [6.45, 7) is 1.75. The summed E-state index contributed by atoms with van der Waals surface area (Å²) < 4.78 is 32.4. The van der Waals surface area contributed by atoms with Crippen LogP contribution >= 0.6 is 11.6 Å². The third kappa shape index (κ3) is 3.46. The molecule has 0 radical (unpaired) electrons. The van der Waals surface area contributed by atoms with Gasteiger partial charge in [0.2, 0.25) is 0 Å². The van der Waals surface area contributed by atoms with E-state index < -0.39 is 5.82 Å². The van der Waals surface area contributed by atoms with Gasteiger partial charge in [-0.05, 0) is 37.3 Å². The second-order valence-electron chi connectivity index (χ2n) is 4.50. The summed E-state index contributed by atoms with van der Waals surface area (Å²) in [6, 6.07) is 8.06. The molecule has 2 aromatic rings. The van der Waals surface area contributed by atoms with E-state index in [0.717, 1.165) is 0 Å². The molecule has 0 aliphatic carbocycles. The number of rotatable bonds is 4. The largest absolute Gasteiger partial charge is 0.488 e. The fraction of sp³-hybridized carbons (Fsp3) is 0.200. The van der Waals surface area contributed by atoms with Crippen LogP contribution in [0, 0.1) is 11.6 Å². The van der Waals surface area contributed by atoms with Gasteiger partial charge in [-0.15, -0.1) is 0 Å². The minimum absolute atomic E-state index is 0.0222. The van der Waals surface area contributed by atoms with Gasteiger partial charge in [-0.25, -0.2) is 8.78 Å². The number of hydrogen-bond donors (Lipinski definition) is 1. The number of nitrogens with two attached hydrogens (primary N) is 1. The quantitative estimate of drug-likeness (QED) is 0.917. The van der Waals surface area contributed by atoms with Gasteiger partial charge in [-0.3, -0.25) is 0 Å². The molecule has 106 valence electrons. The summed E-state index contributed by atoms with van der Waals surface area (Å²) in [7, 11) is 0. The molecule has 0 saturated heterocycles. The molecule has 20 heavy (non-hydrogen) atoms. The number of benzene rings is 2. The van der Waals surface area contributed by atoms with Crippen molar-refractivity contribution < 1.29 is 13.5 Å². The Kier molecular flexibility index (Phi) is 4.57. The van der Waals surface area contributed by atoms with E-state index in [4.69, 9.17) is 22.1 Å². The normalized spacial score (nSPS) is 12.2. The lowest BCUT2D eigenvalue weighted by atomic mass is 10.1. The first kappa shape index (κ1) is 14.8. The van der Waals surface area contributed by atoms with Gasteiger partial charge in [0.1, 0.15) is 24.0 Å². The van der Waals surface area contributed by atoms with Crippen LogP contribution in [-0.2, 0) is 6.61 Å². The third-order valence-electron chi connectivity index (χ3n) is 2.86. The van der Waals surface area contributed by atoms with Crippen LogP contribution in [0.15, 0.2) is 36.4 Å². The Hall–Kier alpha value is -1.65. The Bertz CT molecular complexity index is 617. The summed E-state index contributed by atoms with van der Waals surface area (Å²) in [5.41, 5.74) is 6.67. The van der Waals surface area contributed by atoms with Crippen LogP contribution in [0.2, 0.25) is 5.02 Å². The molecule has 1 atom stereocenters. The van der Waals surface area contributed by atoms with Crippen LogP contribution in [0.25, 0.3) is 0 Å². The molecule has 2 N–H and O–H groups in total. The van der Waals surface area contributed by atoms with Crippen molar-refractivity contribution >= 4 is 11.6 Å². The number of ether oxygens (including phenoxy) is 1. The highest BCUT2D eigenvalue weighted by atomic mass is 35.5. The van der Waals surface area contributed by atoms with Crippen molar-refractivity contribution in [3.8, 4) is 5.75 Å². The summed E-state index contributed by atoms with van der Waals surface area (Å²) >= 11 is 5.68. The van der Waals surface area contributed by atoms with Gasteiger partial charge in [0.15, 0.2) is 0 Å². The van der Waals surface area contributed by atoms with Gasteiger partial charge in [0, 0.05) is 22.2 Å². The molecule has 0 amide bonds. The molecule has 0 aliphatic heterocycles. The van der Waals surface area contributed by atoms with Gasteiger partial charge in [-0.1, -0.05) is 17.7 Å². The van der Waals surface area contributed by atoms with Crippen LogP contribution in [0.1, 0.15) is 24.1 Å². The van der Waals surface area contributed by atoms with Crippen LogP contribution in [-0.4, -0.2) is 0 Å². The molecule has 0 spiro atoms. The van der Waals surface area contributed by atoms with Crippen molar-refractivity contribution in [3.05, 3.63) is 64.2 Å². The Balaban J connectivity index is 2.18. The van der Waals surface area contributed by atoms with Crippen molar-refractivity contribution in [2.45, 2.75) is 19.6 Å². The molecule has 0 aliphatic rings. The van der Waals surface area contributed by atoms with E-state index in [1.54, 1.807) is 19.1 Å². The molecule has 0 saturated carbocycles. The lowest BCUT2D eigenvalue weighted by molar-refractivity contribution is 0.295. The van der Waals surface area contributed by atoms with Crippen LogP contribution in [0.3, 0.4) is 0 Å². The average Bonchev–Trinajstić information content (AvgIpc) is 2.38. The zero-order valence-corrected chi connectivity index (χ0v) is 11.6. The second kappa shape index (κ2) is 6.20. The van der Waals surface area contributed by atoms with Crippen molar-refractivity contribution in [1.82, 2.24) is 0 Å². The van der Waals surface area contributed by atoms with E-state index in [2.05, 4.69) is 0 Å². The van der Waals surface area contributed by atoms with Gasteiger partial charge in [-0.2, -0.15) is 0 Å². The van der Waals surface area contributed by atoms with Crippen molar-refractivity contribution in [1.29, 1.82) is 0 Å². The molecule has 0 fully saturated rings. The number of halogens is 3. The lowest BCUT2D eigenvalue weighted by Gasteiger charge is -2.14. The first-order valence-electron chi connectivity index (χ1n) is 6.09. The molecule has 2 aromatic carbocycles. The highest BCUT2D eigenvalue weighted by Crippen LogP contribution is 2.26. The minimum Gasteiger partial charge on any atom is -0.488 e. The maximum Gasteiger partial charge on any atom is 0.131 e. The van der Waals surface area contributed by atoms with Crippen molar-refractivity contribution in [3.63, 3.8) is 0 Å². The summed E-state index contributed by atoms with van der Waals surface area (Å²) in [4.78, 5) is 0. The average molecular weight is 298 g/mol. The molecule has 0 aromatic heterocycles. The first-order valence-corrected chi connectivity index (χ1v) is 6.47. The summed E-state index contributed by atoms with van der Waals surface area (Å²) in [6.07, 6.45) is 0. The van der Waals surface area contributed by atoms with Crippen LogP contribution < -0.4 is 10.5 Å². The molecule has 5 heteroatoms. The van der Waals surface area contributed by atoms with E-state index in [0.29, 0.717) is 21.9 Å². The first-order chi connectivity index (χ1) is 9.47. The molecule has 0 heterocycles. The fourth-order valence-corrected chi connectivity index (χ4v) is 1.96. The summed E-state index contributed by atoms with van der Waals surface area (Å²) in [5, 5.41) is 0.323. The molecule has 2 rings (SSSR count). The molecule has 0 bridgehead atoms. The number of hydrogen-bond acceptors (Lipinski definition) is 2. The highest BCUT2D eigenvalue weighted by molar-refractivity contribution is 6.30.